The summed E-state index contributed by atoms with van der Waals surface area (Å²) in [4.78, 5) is 0. The molecule has 0 aromatic carbocycles. The van der Waals surface area contributed by atoms with Gasteiger partial charge in [0, 0.05) is 0 Å². The van der Waals surface area contributed by atoms with Crippen LogP contribution >= 0.6 is 0 Å². The molecule has 0 N–H and O–H groups in total. The maximum Gasteiger partial charge on any atom is 0.121 e. The highest BCUT2D eigenvalue weighted by atomic mass is 16.5. The molecule has 1 unspecified atom stereocenters. The van der Waals surface area contributed by atoms with Crippen molar-refractivity contribution < 1.29 is 4.74 Å². The molecule has 0 bridgehead atoms. The molecule has 80 valence electrons. The molecule has 0 saturated heterocycles. The van der Waals surface area contributed by atoms with Gasteiger partial charge >= 0.3 is 0 Å². The summed E-state index contributed by atoms with van der Waals surface area (Å²) in [7, 11) is 0. The van der Waals surface area contributed by atoms with Crippen LogP contribution in [-0.2, 0) is 4.74 Å². The Hall–Kier alpha value is -0.480. The fourth-order valence-corrected chi connectivity index (χ4v) is 2.08. The molecule has 1 aliphatic rings. The largest absolute Gasteiger partial charge is 0.360 e. The smallest absolute Gasteiger partial charge is 0.121 e. The van der Waals surface area contributed by atoms with Crippen LogP contribution in [-0.4, -0.2) is 11.7 Å². The van der Waals surface area contributed by atoms with Gasteiger partial charge in [-0.15, -0.1) is 6.42 Å². The molecular formula is C13H22O. The van der Waals surface area contributed by atoms with Crippen LogP contribution < -0.4 is 0 Å². The van der Waals surface area contributed by atoms with E-state index in [-0.39, 0.29) is 11.7 Å². The first kappa shape index (κ1) is 11.6. The Balaban J connectivity index is 2.49. The molecule has 1 rings (SSSR count). The highest BCUT2D eigenvalue weighted by Gasteiger charge is 2.26. The molecule has 1 saturated carbocycles. The van der Waals surface area contributed by atoms with Gasteiger partial charge in [-0.1, -0.05) is 25.2 Å². The average Bonchev–Trinajstić information content (AvgIpc) is 2.14. The summed E-state index contributed by atoms with van der Waals surface area (Å²) in [6.45, 7) is 6.21. The standard InChI is InChI=1S/C13H22O/c1-5-12(14-13(2,3)4)11-9-7-6-8-10-11/h1,11-12H,6-10H2,2-4H3. The van der Waals surface area contributed by atoms with Crippen molar-refractivity contribution in [3.05, 3.63) is 0 Å². The number of hydrogen-bond acceptors (Lipinski definition) is 1. The van der Waals surface area contributed by atoms with Gasteiger partial charge in [0.1, 0.15) is 6.10 Å². The van der Waals surface area contributed by atoms with E-state index in [0.717, 1.165) is 0 Å². The van der Waals surface area contributed by atoms with Crippen LogP contribution in [0.15, 0.2) is 0 Å². The lowest BCUT2D eigenvalue weighted by atomic mass is 9.85. The SMILES string of the molecule is C#CC(OC(C)(C)C)C1CCCCC1. The Morgan fingerprint density at radius 1 is 1.21 bits per heavy atom. The van der Waals surface area contributed by atoms with E-state index in [1.54, 1.807) is 0 Å². The molecule has 1 nitrogen and oxygen atoms in total. The fraction of sp³-hybridized carbons (Fsp3) is 0.846. The Morgan fingerprint density at radius 3 is 2.21 bits per heavy atom. The number of hydrogen-bond donors (Lipinski definition) is 0. The summed E-state index contributed by atoms with van der Waals surface area (Å²) in [5.41, 5.74) is -0.117. The third kappa shape index (κ3) is 3.72. The van der Waals surface area contributed by atoms with Gasteiger partial charge in [0.2, 0.25) is 0 Å². The molecule has 0 aromatic heterocycles. The molecule has 1 heteroatoms. The lowest BCUT2D eigenvalue weighted by Gasteiger charge is -2.32. The van der Waals surface area contributed by atoms with Gasteiger partial charge in [0.05, 0.1) is 5.60 Å². The summed E-state index contributed by atoms with van der Waals surface area (Å²) < 4.78 is 5.89. The van der Waals surface area contributed by atoms with Gasteiger partial charge in [0.15, 0.2) is 0 Å². The predicted molar refractivity (Wildman–Crippen MR) is 60.0 cm³/mol. The van der Waals surface area contributed by atoms with Crippen molar-refractivity contribution in [1.82, 2.24) is 0 Å². The minimum Gasteiger partial charge on any atom is -0.360 e. The van der Waals surface area contributed by atoms with E-state index < -0.39 is 0 Å². The minimum absolute atomic E-state index is 0.0234. The first-order valence-corrected chi connectivity index (χ1v) is 5.67. The zero-order valence-electron chi connectivity index (χ0n) is 9.68. The zero-order chi connectivity index (χ0) is 10.6. The van der Waals surface area contributed by atoms with Gasteiger partial charge in [-0.05, 0) is 39.5 Å². The summed E-state index contributed by atoms with van der Waals surface area (Å²) in [5.74, 6) is 3.40. The third-order valence-corrected chi connectivity index (χ3v) is 2.72. The van der Waals surface area contributed by atoms with Crippen LogP contribution in [0, 0.1) is 18.3 Å². The zero-order valence-corrected chi connectivity index (χ0v) is 9.68. The van der Waals surface area contributed by atoms with Crippen LogP contribution in [0.3, 0.4) is 0 Å². The van der Waals surface area contributed by atoms with Gasteiger partial charge in [-0.25, -0.2) is 0 Å². The van der Waals surface area contributed by atoms with Crippen molar-refractivity contribution in [3.8, 4) is 12.3 Å². The summed E-state index contributed by atoms with van der Waals surface area (Å²) in [6.07, 6.45) is 12.0. The lowest BCUT2D eigenvalue weighted by Crippen LogP contribution is -2.32. The van der Waals surface area contributed by atoms with Crippen molar-refractivity contribution >= 4 is 0 Å². The summed E-state index contributed by atoms with van der Waals surface area (Å²) in [6, 6.07) is 0. The van der Waals surface area contributed by atoms with Crippen LogP contribution in [0.25, 0.3) is 0 Å². The number of terminal acetylenes is 1. The van der Waals surface area contributed by atoms with E-state index in [1.807, 2.05) is 0 Å². The molecule has 14 heavy (non-hydrogen) atoms. The quantitative estimate of drug-likeness (QED) is 0.612. The van der Waals surface area contributed by atoms with Gasteiger partial charge < -0.3 is 4.74 Å². The predicted octanol–water partition coefficient (Wildman–Crippen LogP) is 3.38. The van der Waals surface area contributed by atoms with E-state index >= 15 is 0 Å². The second-order valence-electron chi connectivity index (χ2n) is 5.22. The second kappa shape index (κ2) is 4.84. The summed E-state index contributed by atoms with van der Waals surface area (Å²) in [5, 5.41) is 0. The Labute approximate surface area is 88.2 Å². The Bertz CT molecular complexity index is 200. The van der Waals surface area contributed by atoms with E-state index in [4.69, 9.17) is 11.2 Å². The van der Waals surface area contributed by atoms with Gasteiger partial charge in [0.25, 0.3) is 0 Å². The van der Waals surface area contributed by atoms with Crippen molar-refractivity contribution in [2.24, 2.45) is 5.92 Å². The molecule has 1 atom stereocenters. The molecule has 1 fully saturated rings. The molecular weight excluding hydrogens is 172 g/mol. The monoisotopic (exact) mass is 194 g/mol. The molecule has 1 aliphatic carbocycles. The topological polar surface area (TPSA) is 9.23 Å². The molecule has 0 aliphatic heterocycles. The van der Waals surface area contributed by atoms with Crippen LogP contribution in [0.2, 0.25) is 0 Å². The Kier molecular flexibility index (Phi) is 4.01. The van der Waals surface area contributed by atoms with Crippen LogP contribution in [0.4, 0.5) is 0 Å². The molecule has 0 spiro atoms. The molecule has 0 heterocycles. The van der Waals surface area contributed by atoms with Crippen molar-refractivity contribution in [2.75, 3.05) is 0 Å². The third-order valence-electron chi connectivity index (χ3n) is 2.72. The maximum absolute atomic E-state index is 5.89. The van der Waals surface area contributed by atoms with E-state index in [2.05, 4.69) is 26.7 Å². The van der Waals surface area contributed by atoms with Crippen LogP contribution in [0.1, 0.15) is 52.9 Å². The molecule has 0 radical (unpaired) electrons. The van der Waals surface area contributed by atoms with E-state index in [0.29, 0.717) is 5.92 Å². The lowest BCUT2D eigenvalue weighted by molar-refractivity contribution is -0.0630. The van der Waals surface area contributed by atoms with Crippen LogP contribution in [0.5, 0.6) is 0 Å². The summed E-state index contributed by atoms with van der Waals surface area (Å²) >= 11 is 0. The fourth-order valence-electron chi connectivity index (χ4n) is 2.08. The molecule has 0 amide bonds. The average molecular weight is 194 g/mol. The highest BCUT2D eigenvalue weighted by Crippen LogP contribution is 2.29. The Morgan fingerprint density at radius 2 is 1.79 bits per heavy atom. The number of ether oxygens (including phenoxy) is 1. The van der Waals surface area contributed by atoms with Gasteiger partial charge in [-0.2, -0.15) is 0 Å². The molecule has 0 aromatic rings. The van der Waals surface area contributed by atoms with Crippen molar-refractivity contribution in [1.29, 1.82) is 0 Å². The minimum atomic E-state index is -0.117. The van der Waals surface area contributed by atoms with E-state index in [9.17, 15) is 0 Å². The highest BCUT2D eigenvalue weighted by molar-refractivity contribution is 4.99. The van der Waals surface area contributed by atoms with E-state index in [1.165, 1.54) is 32.1 Å². The van der Waals surface area contributed by atoms with Crippen molar-refractivity contribution in [2.45, 2.75) is 64.6 Å². The first-order chi connectivity index (χ1) is 6.53. The van der Waals surface area contributed by atoms with Crippen molar-refractivity contribution in [3.63, 3.8) is 0 Å². The van der Waals surface area contributed by atoms with Gasteiger partial charge in [-0.3, -0.25) is 0 Å². The first-order valence-electron chi connectivity index (χ1n) is 5.67. The second-order valence-corrected chi connectivity index (χ2v) is 5.22. The number of rotatable bonds is 2. The maximum atomic E-state index is 5.89. The normalized spacial score (nSPS) is 21.6.